The molecule has 23 heavy (non-hydrogen) atoms. The molecule has 1 atom stereocenters. The topological polar surface area (TPSA) is 49.4 Å². The van der Waals surface area contributed by atoms with Crippen LogP contribution in [0.25, 0.3) is 0 Å². The van der Waals surface area contributed by atoms with E-state index >= 15 is 0 Å². The van der Waals surface area contributed by atoms with E-state index in [0.717, 1.165) is 17.7 Å². The number of nitrogens with one attached hydrogen (secondary N) is 1. The summed E-state index contributed by atoms with van der Waals surface area (Å²) >= 11 is 0. The molecule has 1 saturated heterocycles. The van der Waals surface area contributed by atoms with Crippen LogP contribution in [0.5, 0.6) is 0 Å². The Balaban J connectivity index is 1.78. The van der Waals surface area contributed by atoms with E-state index in [2.05, 4.69) is 12.2 Å². The third-order valence-corrected chi connectivity index (χ3v) is 4.11. The van der Waals surface area contributed by atoms with Crippen LogP contribution in [0.1, 0.15) is 24.5 Å². The van der Waals surface area contributed by atoms with E-state index in [1.54, 1.807) is 6.07 Å². The monoisotopic (exact) mass is 308 g/mol. The van der Waals surface area contributed by atoms with Crippen molar-refractivity contribution in [2.24, 2.45) is 0 Å². The van der Waals surface area contributed by atoms with Gasteiger partial charge in [0.2, 0.25) is 5.91 Å². The number of carbonyl (C=O) groups is 2. The molecule has 1 N–H and O–H groups in total. The number of nitrogens with zero attached hydrogens (tertiary/aromatic N) is 1. The summed E-state index contributed by atoms with van der Waals surface area (Å²) in [7, 11) is 0. The summed E-state index contributed by atoms with van der Waals surface area (Å²) in [6, 6.07) is 14.9. The fourth-order valence-electron chi connectivity index (χ4n) is 2.82. The Bertz CT molecular complexity index is 737. The maximum absolute atomic E-state index is 12.6. The Morgan fingerprint density at radius 3 is 2.52 bits per heavy atom. The van der Waals surface area contributed by atoms with Crippen LogP contribution in [0.4, 0.5) is 11.4 Å². The van der Waals surface area contributed by atoms with E-state index in [1.807, 2.05) is 49.4 Å². The van der Waals surface area contributed by atoms with Crippen molar-refractivity contribution in [3.63, 3.8) is 0 Å². The first kappa shape index (κ1) is 15.3. The third-order valence-electron chi connectivity index (χ3n) is 4.11. The summed E-state index contributed by atoms with van der Waals surface area (Å²) in [5.74, 6) is -0.358. The van der Waals surface area contributed by atoms with Crippen molar-refractivity contribution in [3.8, 4) is 0 Å². The first-order valence-corrected chi connectivity index (χ1v) is 7.87. The van der Waals surface area contributed by atoms with Gasteiger partial charge >= 0.3 is 0 Å². The molecular formula is C19H20N2O2. The first-order valence-electron chi connectivity index (χ1n) is 7.87. The molecule has 2 aromatic rings. The zero-order valence-corrected chi connectivity index (χ0v) is 13.4. The number of anilines is 2. The summed E-state index contributed by atoms with van der Waals surface area (Å²) in [6.07, 6.45) is 1.16. The molecule has 2 amide bonds. The standard InChI is InChI=1S/C19H20N2O2/c1-3-14-7-9-15(10-8-14)20-17-12-18(22)21(19(17)23)16-6-4-5-13(2)11-16/h4-11,17,20H,3,12H2,1-2H3/t17-/m1/s1. The molecule has 4 heteroatoms. The van der Waals surface area contributed by atoms with Gasteiger partial charge in [-0.05, 0) is 48.7 Å². The molecule has 4 nitrogen and oxygen atoms in total. The zero-order valence-electron chi connectivity index (χ0n) is 13.4. The van der Waals surface area contributed by atoms with Gasteiger partial charge in [-0.25, -0.2) is 4.90 Å². The lowest BCUT2D eigenvalue weighted by Crippen LogP contribution is -2.34. The van der Waals surface area contributed by atoms with Gasteiger partial charge in [-0.15, -0.1) is 0 Å². The highest BCUT2D eigenvalue weighted by atomic mass is 16.2. The van der Waals surface area contributed by atoms with Crippen molar-refractivity contribution in [1.29, 1.82) is 0 Å². The van der Waals surface area contributed by atoms with E-state index in [1.165, 1.54) is 10.5 Å². The van der Waals surface area contributed by atoms with E-state index in [0.29, 0.717) is 5.69 Å². The average Bonchev–Trinajstić information content (AvgIpc) is 2.82. The highest BCUT2D eigenvalue weighted by Crippen LogP contribution is 2.25. The van der Waals surface area contributed by atoms with Crippen molar-refractivity contribution in [2.45, 2.75) is 32.7 Å². The van der Waals surface area contributed by atoms with Gasteiger partial charge in [0, 0.05) is 5.69 Å². The fraction of sp³-hybridized carbons (Fsp3) is 0.263. The molecule has 3 rings (SSSR count). The Hall–Kier alpha value is -2.62. The van der Waals surface area contributed by atoms with Crippen LogP contribution in [0, 0.1) is 6.92 Å². The Morgan fingerprint density at radius 1 is 1.13 bits per heavy atom. The Kier molecular flexibility index (Phi) is 4.15. The molecule has 1 heterocycles. The minimum absolute atomic E-state index is 0.164. The largest absolute Gasteiger partial charge is 0.373 e. The second kappa shape index (κ2) is 6.24. The second-order valence-corrected chi connectivity index (χ2v) is 5.86. The minimum atomic E-state index is -0.504. The van der Waals surface area contributed by atoms with Gasteiger partial charge in [0.1, 0.15) is 6.04 Å². The molecule has 0 unspecified atom stereocenters. The summed E-state index contributed by atoms with van der Waals surface area (Å²) in [4.78, 5) is 26.1. The van der Waals surface area contributed by atoms with Gasteiger partial charge in [-0.3, -0.25) is 9.59 Å². The molecule has 2 aromatic carbocycles. The predicted molar refractivity (Wildman–Crippen MR) is 91.5 cm³/mol. The van der Waals surface area contributed by atoms with Gasteiger partial charge in [0.15, 0.2) is 0 Å². The number of amides is 2. The van der Waals surface area contributed by atoms with Gasteiger partial charge in [0.25, 0.3) is 5.91 Å². The lowest BCUT2D eigenvalue weighted by Gasteiger charge is -2.16. The molecule has 1 aliphatic heterocycles. The quantitative estimate of drug-likeness (QED) is 0.882. The minimum Gasteiger partial charge on any atom is -0.373 e. The molecule has 0 radical (unpaired) electrons. The van der Waals surface area contributed by atoms with Crippen molar-refractivity contribution >= 4 is 23.2 Å². The number of hydrogen-bond donors (Lipinski definition) is 1. The maximum atomic E-state index is 12.6. The maximum Gasteiger partial charge on any atom is 0.256 e. The Labute approximate surface area is 136 Å². The van der Waals surface area contributed by atoms with Crippen molar-refractivity contribution in [1.82, 2.24) is 0 Å². The average molecular weight is 308 g/mol. The summed E-state index contributed by atoms with van der Waals surface area (Å²) in [6.45, 7) is 4.04. The van der Waals surface area contributed by atoms with Crippen molar-refractivity contribution in [2.75, 3.05) is 10.2 Å². The molecular weight excluding hydrogens is 288 g/mol. The van der Waals surface area contributed by atoms with E-state index in [-0.39, 0.29) is 18.2 Å². The summed E-state index contributed by atoms with van der Waals surface area (Å²) in [5.41, 5.74) is 3.77. The van der Waals surface area contributed by atoms with Crippen molar-refractivity contribution in [3.05, 3.63) is 59.7 Å². The molecule has 0 aromatic heterocycles. The number of carbonyl (C=O) groups excluding carboxylic acids is 2. The third kappa shape index (κ3) is 3.11. The van der Waals surface area contributed by atoms with Crippen LogP contribution in [-0.2, 0) is 16.0 Å². The lowest BCUT2D eigenvalue weighted by atomic mass is 10.1. The van der Waals surface area contributed by atoms with E-state index in [9.17, 15) is 9.59 Å². The van der Waals surface area contributed by atoms with Crippen LogP contribution in [0.3, 0.4) is 0 Å². The van der Waals surface area contributed by atoms with Crippen LogP contribution < -0.4 is 10.2 Å². The number of hydrogen-bond acceptors (Lipinski definition) is 3. The molecule has 1 fully saturated rings. The number of rotatable bonds is 4. The lowest BCUT2D eigenvalue weighted by molar-refractivity contribution is -0.121. The number of imide groups is 1. The zero-order chi connectivity index (χ0) is 16.4. The molecule has 118 valence electrons. The van der Waals surface area contributed by atoms with Gasteiger partial charge in [-0.2, -0.15) is 0 Å². The highest BCUT2D eigenvalue weighted by Gasteiger charge is 2.39. The van der Waals surface area contributed by atoms with E-state index < -0.39 is 6.04 Å². The normalized spacial score (nSPS) is 17.7. The fourth-order valence-corrected chi connectivity index (χ4v) is 2.82. The predicted octanol–water partition coefficient (Wildman–Crippen LogP) is 3.30. The highest BCUT2D eigenvalue weighted by molar-refractivity contribution is 6.23. The summed E-state index contributed by atoms with van der Waals surface area (Å²) in [5, 5.41) is 3.17. The SMILES string of the molecule is CCc1ccc(N[C@@H]2CC(=O)N(c3cccc(C)c3)C2=O)cc1. The smallest absolute Gasteiger partial charge is 0.256 e. The molecule has 0 saturated carbocycles. The van der Waals surface area contributed by atoms with Crippen LogP contribution in [0.2, 0.25) is 0 Å². The molecule has 0 spiro atoms. The van der Waals surface area contributed by atoms with Crippen molar-refractivity contribution < 1.29 is 9.59 Å². The van der Waals surface area contributed by atoms with Crippen LogP contribution in [0.15, 0.2) is 48.5 Å². The summed E-state index contributed by atoms with van der Waals surface area (Å²) < 4.78 is 0. The number of benzene rings is 2. The van der Waals surface area contributed by atoms with Crippen LogP contribution >= 0.6 is 0 Å². The van der Waals surface area contributed by atoms with Crippen LogP contribution in [-0.4, -0.2) is 17.9 Å². The van der Waals surface area contributed by atoms with Gasteiger partial charge in [-0.1, -0.05) is 31.2 Å². The Morgan fingerprint density at radius 2 is 1.87 bits per heavy atom. The first-order chi connectivity index (χ1) is 11.1. The van der Waals surface area contributed by atoms with E-state index in [4.69, 9.17) is 0 Å². The number of aryl methyl sites for hydroxylation is 2. The van der Waals surface area contributed by atoms with Gasteiger partial charge < -0.3 is 5.32 Å². The molecule has 0 bridgehead atoms. The molecule has 1 aliphatic rings. The molecule has 0 aliphatic carbocycles. The van der Waals surface area contributed by atoms with Gasteiger partial charge in [0.05, 0.1) is 12.1 Å². The second-order valence-electron chi connectivity index (χ2n) is 5.86.